The summed E-state index contributed by atoms with van der Waals surface area (Å²) in [6, 6.07) is 4.13. The largest absolute Gasteiger partial charge is 0.394 e. The van der Waals surface area contributed by atoms with Crippen molar-refractivity contribution in [1.82, 2.24) is 10.3 Å². The predicted octanol–water partition coefficient (Wildman–Crippen LogP) is 2.18. The highest BCUT2D eigenvalue weighted by molar-refractivity contribution is 9.10. The number of carbonyl (C=O) groups is 1. The van der Waals surface area contributed by atoms with Crippen molar-refractivity contribution in [2.24, 2.45) is 0 Å². The van der Waals surface area contributed by atoms with Crippen LogP contribution in [-0.4, -0.2) is 28.6 Å². The van der Waals surface area contributed by atoms with Crippen LogP contribution < -0.4 is 5.32 Å². The molecule has 0 aliphatic carbocycles. The van der Waals surface area contributed by atoms with Gasteiger partial charge in [0.15, 0.2) is 0 Å². The fourth-order valence-corrected chi connectivity index (χ4v) is 2.07. The van der Waals surface area contributed by atoms with E-state index in [-0.39, 0.29) is 29.8 Å². The quantitative estimate of drug-likeness (QED) is 0.813. The Morgan fingerprint density at radius 1 is 1.61 bits per heavy atom. The molecule has 0 fully saturated rings. The van der Waals surface area contributed by atoms with Gasteiger partial charge >= 0.3 is 0 Å². The van der Waals surface area contributed by atoms with Gasteiger partial charge in [-0.05, 0) is 25.1 Å². The minimum absolute atomic E-state index is 0.149. The molecule has 1 unspecified atom stereocenters. The van der Waals surface area contributed by atoms with Gasteiger partial charge in [-0.15, -0.1) is 0 Å². The van der Waals surface area contributed by atoms with Gasteiger partial charge in [0.05, 0.1) is 12.1 Å². The number of rotatable bonds is 3. The third-order valence-electron chi connectivity index (χ3n) is 2.59. The summed E-state index contributed by atoms with van der Waals surface area (Å²) in [6.07, 6.45) is 0. The topological polar surface area (TPSA) is 65.1 Å². The molecular weight excluding hydrogens is 303 g/mol. The summed E-state index contributed by atoms with van der Waals surface area (Å²) < 4.78 is 14.3. The molecule has 0 aliphatic rings. The number of fused-ring (bicyclic) bond motifs is 1. The zero-order valence-electron chi connectivity index (χ0n) is 9.63. The van der Waals surface area contributed by atoms with E-state index in [4.69, 9.17) is 5.11 Å². The molecule has 4 nitrogen and oxygen atoms in total. The second kappa shape index (κ2) is 5.07. The number of amides is 1. The first-order valence-electron chi connectivity index (χ1n) is 5.41. The summed E-state index contributed by atoms with van der Waals surface area (Å²) in [4.78, 5) is 14.6. The number of aromatic amines is 1. The van der Waals surface area contributed by atoms with Gasteiger partial charge in [0.25, 0.3) is 5.91 Å². The fourth-order valence-electron chi connectivity index (χ4n) is 1.62. The third-order valence-corrected chi connectivity index (χ3v) is 3.28. The zero-order valence-corrected chi connectivity index (χ0v) is 11.2. The molecule has 3 N–H and O–H groups in total. The van der Waals surface area contributed by atoms with Crippen LogP contribution in [0.2, 0.25) is 0 Å². The maximum absolute atomic E-state index is 13.5. The summed E-state index contributed by atoms with van der Waals surface area (Å²) in [5, 5.41) is 12.1. The Morgan fingerprint density at radius 2 is 2.33 bits per heavy atom. The highest BCUT2D eigenvalue weighted by Gasteiger charge is 2.14. The molecule has 1 atom stereocenters. The van der Waals surface area contributed by atoms with Crippen LogP contribution in [0.5, 0.6) is 0 Å². The van der Waals surface area contributed by atoms with Crippen molar-refractivity contribution in [2.75, 3.05) is 6.61 Å². The average molecular weight is 315 g/mol. The highest BCUT2D eigenvalue weighted by atomic mass is 79.9. The summed E-state index contributed by atoms with van der Waals surface area (Å²) >= 11 is 3.30. The number of aliphatic hydroxyl groups is 1. The van der Waals surface area contributed by atoms with E-state index < -0.39 is 5.82 Å². The van der Waals surface area contributed by atoms with E-state index in [0.717, 1.165) is 0 Å². The molecule has 2 aromatic rings. The minimum atomic E-state index is -0.414. The van der Waals surface area contributed by atoms with E-state index in [1.807, 2.05) is 0 Å². The molecule has 1 aromatic heterocycles. The molecule has 0 spiro atoms. The van der Waals surface area contributed by atoms with Gasteiger partial charge in [-0.1, -0.05) is 15.9 Å². The lowest BCUT2D eigenvalue weighted by molar-refractivity contribution is 0.0918. The molecule has 2 rings (SSSR count). The van der Waals surface area contributed by atoms with E-state index >= 15 is 0 Å². The first kappa shape index (κ1) is 13.0. The molecule has 0 aliphatic heterocycles. The second-order valence-corrected chi connectivity index (χ2v) is 4.91. The van der Waals surface area contributed by atoms with Gasteiger partial charge in [-0.2, -0.15) is 0 Å². The Kier molecular flexibility index (Phi) is 3.68. The summed E-state index contributed by atoms with van der Waals surface area (Å²) in [5.41, 5.74) is 0.544. The van der Waals surface area contributed by atoms with Gasteiger partial charge in [-0.3, -0.25) is 4.79 Å². The minimum Gasteiger partial charge on any atom is -0.394 e. The van der Waals surface area contributed by atoms with Crippen LogP contribution in [0.3, 0.4) is 0 Å². The SMILES string of the molecule is CC(CO)NC(=O)c1cc2c(Br)ccc(F)c2[nH]1. The van der Waals surface area contributed by atoms with E-state index in [0.29, 0.717) is 9.86 Å². The maximum Gasteiger partial charge on any atom is 0.268 e. The number of aliphatic hydroxyl groups excluding tert-OH is 1. The molecule has 18 heavy (non-hydrogen) atoms. The Bertz CT molecular complexity index is 558. The summed E-state index contributed by atoms with van der Waals surface area (Å²) in [6.45, 7) is 1.53. The van der Waals surface area contributed by atoms with Crippen molar-refractivity contribution in [3.05, 3.63) is 34.2 Å². The Morgan fingerprint density at radius 3 is 2.94 bits per heavy atom. The Hall–Kier alpha value is -1.40. The fraction of sp³-hybridized carbons (Fsp3) is 0.250. The molecule has 0 saturated carbocycles. The lowest BCUT2D eigenvalue weighted by Gasteiger charge is -2.08. The highest BCUT2D eigenvalue weighted by Crippen LogP contribution is 2.26. The van der Waals surface area contributed by atoms with Crippen molar-refractivity contribution in [1.29, 1.82) is 0 Å². The number of benzene rings is 1. The second-order valence-electron chi connectivity index (χ2n) is 4.06. The maximum atomic E-state index is 13.5. The number of hydrogen-bond acceptors (Lipinski definition) is 2. The van der Waals surface area contributed by atoms with Crippen molar-refractivity contribution >= 4 is 32.7 Å². The molecule has 0 saturated heterocycles. The van der Waals surface area contributed by atoms with Gasteiger partial charge in [0.1, 0.15) is 11.5 Å². The van der Waals surface area contributed by atoms with Crippen LogP contribution in [0.15, 0.2) is 22.7 Å². The van der Waals surface area contributed by atoms with Crippen molar-refractivity contribution in [2.45, 2.75) is 13.0 Å². The van der Waals surface area contributed by atoms with Crippen LogP contribution in [-0.2, 0) is 0 Å². The lowest BCUT2D eigenvalue weighted by atomic mass is 10.2. The number of nitrogens with one attached hydrogen (secondary N) is 2. The van der Waals surface area contributed by atoms with Crippen LogP contribution in [0.25, 0.3) is 10.9 Å². The lowest BCUT2D eigenvalue weighted by Crippen LogP contribution is -2.35. The van der Waals surface area contributed by atoms with Gasteiger partial charge in [0, 0.05) is 15.9 Å². The first-order valence-corrected chi connectivity index (χ1v) is 6.20. The standard InChI is InChI=1S/C12H12BrFN2O2/c1-6(5-17)15-12(18)10-4-7-8(13)2-3-9(14)11(7)16-10/h2-4,6,16-17H,5H2,1H3,(H,15,18). The van der Waals surface area contributed by atoms with E-state index in [9.17, 15) is 9.18 Å². The molecule has 96 valence electrons. The summed E-state index contributed by atoms with van der Waals surface area (Å²) in [7, 11) is 0. The van der Waals surface area contributed by atoms with Crippen molar-refractivity contribution in [3.8, 4) is 0 Å². The number of hydrogen-bond donors (Lipinski definition) is 3. The summed E-state index contributed by atoms with van der Waals surface area (Å²) in [5.74, 6) is -0.790. The number of aromatic nitrogens is 1. The number of H-pyrrole nitrogens is 1. The monoisotopic (exact) mass is 314 g/mol. The third kappa shape index (κ3) is 2.39. The van der Waals surface area contributed by atoms with Crippen molar-refractivity contribution < 1.29 is 14.3 Å². The molecular formula is C12H12BrFN2O2. The number of carbonyl (C=O) groups excluding carboxylic acids is 1. The number of halogens is 2. The first-order chi connectivity index (χ1) is 8.52. The predicted molar refractivity (Wildman–Crippen MR) is 70.0 cm³/mol. The molecule has 6 heteroatoms. The van der Waals surface area contributed by atoms with Crippen molar-refractivity contribution in [3.63, 3.8) is 0 Å². The van der Waals surface area contributed by atoms with Gasteiger partial charge in [0.2, 0.25) is 0 Å². The normalized spacial score (nSPS) is 12.7. The molecule has 1 amide bonds. The van der Waals surface area contributed by atoms with Crippen LogP contribution in [0.4, 0.5) is 4.39 Å². The van der Waals surface area contributed by atoms with Crippen LogP contribution >= 0.6 is 15.9 Å². The smallest absolute Gasteiger partial charge is 0.268 e. The van der Waals surface area contributed by atoms with Gasteiger partial charge < -0.3 is 15.4 Å². The van der Waals surface area contributed by atoms with E-state index in [1.165, 1.54) is 6.07 Å². The zero-order chi connectivity index (χ0) is 13.3. The van der Waals surface area contributed by atoms with E-state index in [2.05, 4.69) is 26.2 Å². The molecule has 0 bridgehead atoms. The van der Waals surface area contributed by atoms with E-state index in [1.54, 1.807) is 19.1 Å². The molecule has 1 heterocycles. The Balaban J connectivity index is 2.38. The van der Waals surface area contributed by atoms with Gasteiger partial charge in [-0.25, -0.2) is 4.39 Å². The van der Waals surface area contributed by atoms with Crippen LogP contribution in [0, 0.1) is 5.82 Å². The average Bonchev–Trinajstić information content (AvgIpc) is 2.80. The van der Waals surface area contributed by atoms with Crippen LogP contribution in [0.1, 0.15) is 17.4 Å². The Labute approximate surface area is 111 Å². The molecule has 0 radical (unpaired) electrons. The molecule has 1 aromatic carbocycles.